The highest BCUT2D eigenvalue weighted by molar-refractivity contribution is 5.33. The van der Waals surface area contributed by atoms with Gasteiger partial charge in [-0.1, -0.05) is 6.92 Å². The molecule has 0 radical (unpaired) electrons. The highest BCUT2D eigenvalue weighted by atomic mass is 15.3. The van der Waals surface area contributed by atoms with Crippen molar-refractivity contribution in [3.8, 4) is 6.07 Å². The molecule has 0 saturated carbocycles. The van der Waals surface area contributed by atoms with Crippen LogP contribution in [0.2, 0.25) is 0 Å². The molecule has 0 amide bonds. The number of nitrogens with one attached hydrogen (secondary N) is 1. The third kappa shape index (κ3) is 3.89. The topological polar surface area (TPSA) is 68.1 Å². The Balaban J connectivity index is 1.77. The van der Waals surface area contributed by atoms with Gasteiger partial charge in [0.25, 0.3) is 0 Å². The van der Waals surface area contributed by atoms with E-state index in [1.807, 2.05) is 6.07 Å². The summed E-state index contributed by atoms with van der Waals surface area (Å²) in [5.74, 6) is 0.725. The normalized spacial score (nSPS) is 18.4. The molecule has 1 aliphatic heterocycles. The summed E-state index contributed by atoms with van der Waals surface area (Å²) in [4.78, 5) is 13.1. The van der Waals surface area contributed by atoms with Crippen LogP contribution in [0.15, 0.2) is 12.4 Å². The molecule has 6 heteroatoms. The lowest BCUT2D eigenvalue weighted by atomic mass is 10.2. The summed E-state index contributed by atoms with van der Waals surface area (Å²) in [6, 6.07) is 2.43. The van der Waals surface area contributed by atoms with Crippen molar-refractivity contribution in [3.63, 3.8) is 0 Å². The van der Waals surface area contributed by atoms with Crippen LogP contribution >= 0.6 is 0 Å². The van der Waals surface area contributed by atoms with Gasteiger partial charge in [-0.05, 0) is 13.5 Å². The van der Waals surface area contributed by atoms with E-state index in [4.69, 9.17) is 5.26 Å². The molecule has 1 fully saturated rings. The molecule has 1 aromatic rings. The van der Waals surface area contributed by atoms with Crippen LogP contribution in [0, 0.1) is 11.3 Å². The number of hydrogen-bond donors (Lipinski definition) is 1. The standard InChI is InChI=1S/C14H22N6/c1-3-19-4-6-20(7-5-19)12(2)9-17-14-11-16-13(8-15)10-18-14/h10-12H,3-7,9H2,1-2H3,(H,17,18). The Morgan fingerprint density at radius 1 is 1.30 bits per heavy atom. The number of hydrogen-bond acceptors (Lipinski definition) is 6. The zero-order chi connectivity index (χ0) is 14.4. The van der Waals surface area contributed by atoms with Gasteiger partial charge < -0.3 is 10.2 Å². The highest BCUT2D eigenvalue weighted by Crippen LogP contribution is 2.07. The number of aromatic nitrogens is 2. The lowest BCUT2D eigenvalue weighted by molar-refractivity contribution is 0.110. The van der Waals surface area contributed by atoms with Gasteiger partial charge in [-0.25, -0.2) is 9.97 Å². The molecule has 1 aliphatic rings. The first-order valence-corrected chi connectivity index (χ1v) is 7.15. The lowest BCUT2D eigenvalue weighted by Crippen LogP contribution is -2.51. The highest BCUT2D eigenvalue weighted by Gasteiger charge is 2.19. The fraction of sp³-hybridized carbons (Fsp3) is 0.643. The Bertz CT molecular complexity index is 444. The Hall–Kier alpha value is -1.71. The Morgan fingerprint density at radius 2 is 2.05 bits per heavy atom. The van der Waals surface area contributed by atoms with Crippen molar-refractivity contribution in [2.24, 2.45) is 0 Å². The second-order valence-electron chi connectivity index (χ2n) is 5.10. The average molecular weight is 274 g/mol. The number of nitriles is 1. The molecule has 1 atom stereocenters. The molecule has 1 N–H and O–H groups in total. The van der Waals surface area contributed by atoms with Crippen LogP contribution in [-0.4, -0.2) is 65.1 Å². The molecule has 0 aliphatic carbocycles. The Labute approximate surface area is 120 Å². The zero-order valence-corrected chi connectivity index (χ0v) is 12.2. The van der Waals surface area contributed by atoms with Gasteiger partial charge in [-0.3, -0.25) is 4.90 Å². The molecular weight excluding hydrogens is 252 g/mol. The van der Waals surface area contributed by atoms with Crippen LogP contribution in [0.5, 0.6) is 0 Å². The van der Waals surface area contributed by atoms with Crippen LogP contribution in [0.25, 0.3) is 0 Å². The minimum Gasteiger partial charge on any atom is -0.367 e. The molecule has 0 aromatic carbocycles. The minimum absolute atomic E-state index is 0.347. The molecule has 1 saturated heterocycles. The van der Waals surface area contributed by atoms with Crippen molar-refractivity contribution in [2.45, 2.75) is 19.9 Å². The van der Waals surface area contributed by atoms with Crippen LogP contribution in [0.4, 0.5) is 5.82 Å². The van der Waals surface area contributed by atoms with Crippen molar-refractivity contribution >= 4 is 5.82 Å². The molecule has 6 nitrogen and oxygen atoms in total. The largest absolute Gasteiger partial charge is 0.367 e. The van der Waals surface area contributed by atoms with Crippen molar-refractivity contribution < 1.29 is 0 Å². The summed E-state index contributed by atoms with van der Waals surface area (Å²) in [5.41, 5.74) is 0.347. The zero-order valence-electron chi connectivity index (χ0n) is 12.2. The van der Waals surface area contributed by atoms with Crippen LogP contribution in [-0.2, 0) is 0 Å². The lowest BCUT2D eigenvalue weighted by Gasteiger charge is -2.37. The molecule has 0 bridgehead atoms. The van der Waals surface area contributed by atoms with E-state index < -0.39 is 0 Å². The van der Waals surface area contributed by atoms with Gasteiger partial charge in [0.15, 0.2) is 5.69 Å². The fourth-order valence-electron chi connectivity index (χ4n) is 2.38. The first-order chi connectivity index (χ1) is 9.72. The van der Waals surface area contributed by atoms with Gasteiger partial charge in [0.1, 0.15) is 11.9 Å². The van der Waals surface area contributed by atoms with E-state index in [9.17, 15) is 0 Å². The van der Waals surface area contributed by atoms with Gasteiger partial charge in [0.05, 0.1) is 12.4 Å². The maximum absolute atomic E-state index is 8.67. The smallest absolute Gasteiger partial charge is 0.158 e. The third-order valence-corrected chi connectivity index (χ3v) is 3.82. The summed E-state index contributed by atoms with van der Waals surface area (Å²) >= 11 is 0. The Kier molecular flexibility index (Phi) is 5.27. The molecule has 2 heterocycles. The molecule has 1 unspecified atom stereocenters. The second-order valence-corrected chi connectivity index (χ2v) is 5.10. The quantitative estimate of drug-likeness (QED) is 0.856. The minimum atomic E-state index is 0.347. The van der Waals surface area contributed by atoms with Gasteiger partial charge in [0.2, 0.25) is 0 Å². The molecule has 20 heavy (non-hydrogen) atoms. The number of nitrogens with zero attached hydrogens (tertiary/aromatic N) is 5. The Morgan fingerprint density at radius 3 is 2.60 bits per heavy atom. The van der Waals surface area contributed by atoms with Crippen molar-refractivity contribution in [1.82, 2.24) is 19.8 Å². The van der Waals surface area contributed by atoms with E-state index in [0.717, 1.165) is 45.1 Å². The van der Waals surface area contributed by atoms with E-state index in [-0.39, 0.29) is 0 Å². The van der Waals surface area contributed by atoms with Crippen LogP contribution in [0.1, 0.15) is 19.5 Å². The number of piperazine rings is 1. The van der Waals surface area contributed by atoms with E-state index in [2.05, 4.69) is 38.9 Å². The SMILES string of the molecule is CCN1CCN(C(C)CNc2cnc(C#N)cn2)CC1. The number of likely N-dealkylation sites (N-methyl/N-ethyl adjacent to an activating group) is 1. The van der Waals surface area contributed by atoms with E-state index in [1.54, 1.807) is 6.20 Å². The second kappa shape index (κ2) is 7.17. The average Bonchev–Trinajstić information content (AvgIpc) is 2.53. The predicted molar refractivity (Wildman–Crippen MR) is 78.4 cm³/mol. The molecule has 0 spiro atoms. The summed E-state index contributed by atoms with van der Waals surface area (Å²) in [6.45, 7) is 11.0. The monoisotopic (exact) mass is 274 g/mol. The van der Waals surface area contributed by atoms with Gasteiger partial charge in [0, 0.05) is 38.8 Å². The maximum atomic E-state index is 8.67. The number of anilines is 1. The summed E-state index contributed by atoms with van der Waals surface area (Å²) in [6.07, 6.45) is 3.10. The van der Waals surface area contributed by atoms with E-state index in [1.165, 1.54) is 6.20 Å². The van der Waals surface area contributed by atoms with E-state index >= 15 is 0 Å². The van der Waals surface area contributed by atoms with Gasteiger partial charge >= 0.3 is 0 Å². The van der Waals surface area contributed by atoms with Gasteiger partial charge in [-0.15, -0.1) is 0 Å². The summed E-state index contributed by atoms with van der Waals surface area (Å²) in [7, 11) is 0. The number of rotatable bonds is 5. The van der Waals surface area contributed by atoms with Crippen molar-refractivity contribution in [1.29, 1.82) is 5.26 Å². The maximum Gasteiger partial charge on any atom is 0.158 e. The first kappa shape index (κ1) is 14.7. The summed E-state index contributed by atoms with van der Waals surface area (Å²) < 4.78 is 0. The van der Waals surface area contributed by atoms with Gasteiger partial charge in [-0.2, -0.15) is 5.26 Å². The summed E-state index contributed by atoms with van der Waals surface area (Å²) in [5, 5.41) is 12.0. The van der Waals surface area contributed by atoms with Crippen LogP contribution in [0.3, 0.4) is 0 Å². The third-order valence-electron chi connectivity index (χ3n) is 3.82. The van der Waals surface area contributed by atoms with Crippen LogP contribution < -0.4 is 5.32 Å². The predicted octanol–water partition coefficient (Wildman–Crippen LogP) is 0.786. The first-order valence-electron chi connectivity index (χ1n) is 7.15. The molecule has 1 aromatic heterocycles. The molecule has 2 rings (SSSR count). The molecule has 108 valence electrons. The fourth-order valence-corrected chi connectivity index (χ4v) is 2.38. The van der Waals surface area contributed by atoms with E-state index in [0.29, 0.717) is 11.7 Å². The molecular formula is C14H22N6. The van der Waals surface area contributed by atoms with Crippen molar-refractivity contribution in [3.05, 3.63) is 18.1 Å². The van der Waals surface area contributed by atoms with Crippen molar-refractivity contribution in [2.75, 3.05) is 44.6 Å².